The van der Waals surface area contributed by atoms with E-state index >= 15 is 0 Å². The van der Waals surface area contributed by atoms with E-state index in [1.807, 2.05) is 0 Å². The summed E-state index contributed by atoms with van der Waals surface area (Å²) in [6.45, 7) is 2.19. The standard InChI is InChI=1S/C10H16N2O/c13-8-11-9-3-2-6-12(7-9)10-4-1-5-10/h9-10H,1-7H2. The van der Waals surface area contributed by atoms with Crippen LogP contribution in [0.3, 0.4) is 0 Å². The minimum Gasteiger partial charge on any atom is -0.298 e. The molecule has 2 aliphatic rings. The average molecular weight is 180 g/mol. The molecule has 1 unspecified atom stereocenters. The lowest BCUT2D eigenvalue weighted by molar-refractivity contribution is 0.0960. The average Bonchev–Trinajstić information content (AvgIpc) is 2.02. The van der Waals surface area contributed by atoms with Gasteiger partial charge in [-0.3, -0.25) is 4.90 Å². The zero-order valence-corrected chi connectivity index (χ0v) is 7.91. The van der Waals surface area contributed by atoms with E-state index < -0.39 is 0 Å². The van der Waals surface area contributed by atoms with E-state index in [2.05, 4.69) is 9.89 Å². The second-order valence-electron chi connectivity index (χ2n) is 4.10. The van der Waals surface area contributed by atoms with Gasteiger partial charge in [0.1, 0.15) is 0 Å². The third kappa shape index (κ3) is 1.98. The van der Waals surface area contributed by atoms with Gasteiger partial charge in [0.2, 0.25) is 6.08 Å². The van der Waals surface area contributed by atoms with Crippen LogP contribution in [0.4, 0.5) is 0 Å². The highest BCUT2D eigenvalue weighted by molar-refractivity contribution is 5.33. The fourth-order valence-electron chi connectivity index (χ4n) is 2.25. The van der Waals surface area contributed by atoms with E-state index in [9.17, 15) is 4.79 Å². The molecule has 0 radical (unpaired) electrons. The predicted molar refractivity (Wildman–Crippen MR) is 50.4 cm³/mol. The quantitative estimate of drug-likeness (QED) is 0.474. The van der Waals surface area contributed by atoms with Gasteiger partial charge in [-0.25, -0.2) is 9.79 Å². The van der Waals surface area contributed by atoms with Crippen LogP contribution in [-0.4, -0.2) is 36.2 Å². The lowest BCUT2D eigenvalue weighted by Gasteiger charge is -2.41. The van der Waals surface area contributed by atoms with Crippen LogP contribution in [0.2, 0.25) is 0 Å². The Hall–Kier alpha value is -0.660. The second kappa shape index (κ2) is 4.03. The van der Waals surface area contributed by atoms with Crippen molar-refractivity contribution in [2.24, 2.45) is 4.99 Å². The van der Waals surface area contributed by atoms with Crippen molar-refractivity contribution < 1.29 is 4.79 Å². The molecule has 0 N–H and O–H groups in total. The zero-order valence-electron chi connectivity index (χ0n) is 7.91. The Morgan fingerprint density at radius 3 is 2.69 bits per heavy atom. The Balaban J connectivity index is 1.87. The molecule has 3 nitrogen and oxygen atoms in total. The van der Waals surface area contributed by atoms with Gasteiger partial charge in [-0.15, -0.1) is 0 Å². The summed E-state index contributed by atoms with van der Waals surface area (Å²) in [4.78, 5) is 16.4. The number of hydrogen-bond acceptors (Lipinski definition) is 3. The molecule has 0 aromatic rings. The molecule has 3 heteroatoms. The van der Waals surface area contributed by atoms with Crippen molar-refractivity contribution in [3.8, 4) is 0 Å². The predicted octanol–water partition coefficient (Wildman–Crippen LogP) is 1.34. The monoisotopic (exact) mass is 180 g/mol. The number of carbonyl (C=O) groups excluding carboxylic acids is 1. The van der Waals surface area contributed by atoms with Crippen LogP contribution in [0.1, 0.15) is 32.1 Å². The van der Waals surface area contributed by atoms with Crippen LogP contribution in [0.15, 0.2) is 4.99 Å². The summed E-state index contributed by atoms with van der Waals surface area (Å²) < 4.78 is 0. The summed E-state index contributed by atoms with van der Waals surface area (Å²) in [6, 6.07) is 1.02. The van der Waals surface area contributed by atoms with Gasteiger partial charge < -0.3 is 0 Å². The minimum atomic E-state index is 0.229. The van der Waals surface area contributed by atoms with Gasteiger partial charge in [0.15, 0.2) is 0 Å². The van der Waals surface area contributed by atoms with E-state index in [1.165, 1.54) is 32.2 Å². The van der Waals surface area contributed by atoms with Crippen LogP contribution in [0, 0.1) is 0 Å². The molecule has 2 fully saturated rings. The molecule has 0 amide bonds. The van der Waals surface area contributed by atoms with Gasteiger partial charge in [0, 0.05) is 12.6 Å². The SMILES string of the molecule is O=C=NC1CCCN(C2CCC2)C1. The Morgan fingerprint density at radius 1 is 1.23 bits per heavy atom. The normalized spacial score (nSPS) is 30.6. The van der Waals surface area contributed by atoms with Gasteiger partial charge in [-0.05, 0) is 32.2 Å². The highest BCUT2D eigenvalue weighted by atomic mass is 16.1. The zero-order chi connectivity index (χ0) is 9.10. The molecule has 13 heavy (non-hydrogen) atoms. The van der Waals surface area contributed by atoms with Crippen LogP contribution in [-0.2, 0) is 4.79 Å². The molecule has 2 rings (SSSR count). The molecule has 1 saturated carbocycles. The number of likely N-dealkylation sites (tertiary alicyclic amines) is 1. The molecule has 72 valence electrons. The van der Waals surface area contributed by atoms with E-state index in [0.29, 0.717) is 0 Å². The Labute approximate surface area is 78.8 Å². The maximum atomic E-state index is 10.1. The largest absolute Gasteiger partial charge is 0.298 e. The third-order valence-corrected chi connectivity index (χ3v) is 3.25. The molecule has 1 saturated heterocycles. The Bertz CT molecular complexity index is 219. The fraction of sp³-hybridized carbons (Fsp3) is 0.900. The van der Waals surface area contributed by atoms with E-state index in [0.717, 1.165) is 19.0 Å². The van der Waals surface area contributed by atoms with Crippen LogP contribution in [0.25, 0.3) is 0 Å². The summed E-state index contributed by atoms with van der Waals surface area (Å²) in [5.41, 5.74) is 0. The van der Waals surface area contributed by atoms with Crippen LogP contribution in [0.5, 0.6) is 0 Å². The maximum absolute atomic E-state index is 10.1. The van der Waals surface area contributed by atoms with Crippen molar-refractivity contribution in [2.75, 3.05) is 13.1 Å². The van der Waals surface area contributed by atoms with Crippen molar-refractivity contribution in [3.63, 3.8) is 0 Å². The Kier molecular flexibility index (Phi) is 2.77. The van der Waals surface area contributed by atoms with Gasteiger partial charge in [0.05, 0.1) is 6.04 Å². The van der Waals surface area contributed by atoms with Crippen LogP contribution < -0.4 is 0 Å². The molecule has 0 aromatic carbocycles. The van der Waals surface area contributed by atoms with E-state index in [4.69, 9.17) is 0 Å². The van der Waals surface area contributed by atoms with Crippen molar-refractivity contribution in [1.82, 2.24) is 4.90 Å². The third-order valence-electron chi connectivity index (χ3n) is 3.25. The first-order chi connectivity index (χ1) is 6.40. The maximum Gasteiger partial charge on any atom is 0.235 e. The summed E-state index contributed by atoms with van der Waals surface area (Å²) >= 11 is 0. The molecular weight excluding hydrogens is 164 g/mol. The molecule has 1 atom stereocenters. The van der Waals surface area contributed by atoms with E-state index in [1.54, 1.807) is 6.08 Å². The van der Waals surface area contributed by atoms with E-state index in [-0.39, 0.29) is 6.04 Å². The van der Waals surface area contributed by atoms with Gasteiger partial charge >= 0.3 is 0 Å². The molecule has 0 bridgehead atoms. The topological polar surface area (TPSA) is 32.7 Å². The van der Waals surface area contributed by atoms with Crippen LogP contribution >= 0.6 is 0 Å². The van der Waals surface area contributed by atoms with Crippen molar-refractivity contribution in [2.45, 2.75) is 44.2 Å². The van der Waals surface area contributed by atoms with Crippen molar-refractivity contribution >= 4 is 6.08 Å². The number of rotatable bonds is 2. The number of hydrogen-bond donors (Lipinski definition) is 0. The molecule has 0 spiro atoms. The number of piperidine rings is 1. The lowest BCUT2D eigenvalue weighted by atomic mass is 9.89. The summed E-state index contributed by atoms with van der Waals surface area (Å²) in [6.07, 6.45) is 8.00. The van der Waals surface area contributed by atoms with Crippen molar-refractivity contribution in [3.05, 3.63) is 0 Å². The molecule has 0 aromatic heterocycles. The van der Waals surface area contributed by atoms with Gasteiger partial charge in [-0.2, -0.15) is 0 Å². The first-order valence-electron chi connectivity index (χ1n) is 5.21. The highest BCUT2D eigenvalue weighted by Crippen LogP contribution is 2.27. The molecule has 1 heterocycles. The lowest BCUT2D eigenvalue weighted by Crippen LogP contribution is -2.47. The first kappa shape index (κ1) is 8.92. The minimum absolute atomic E-state index is 0.229. The van der Waals surface area contributed by atoms with Crippen molar-refractivity contribution in [1.29, 1.82) is 0 Å². The summed E-state index contributed by atoms with van der Waals surface area (Å²) in [5.74, 6) is 0. The highest BCUT2D eigenvalue weighted by Gasteiger charge is 2.29. The molecular formula is C10H16N2O. The Morgan fingerprint density at radius 2 is 2.08 bits per heavy atom. The first-order valence-corrected chi connectivity index (χ1v) is 5.21. The number of isocyanates is 1. The fourth-order valence-corrected chi connectivity index (χ4v) is 2.25. The smallest absolute Gasteiger partial charge is 0.235 e. The second-order valence-corrected chi connectivity index (χ2v) is 4.10. The number of nitrogens with zero attached hydrogens (tertiary/aromatic N) is 2. The van der Waals surface area contributed by atoms with Gasteiger partial charge in [-0.1, -0.05) is 6.42 Å². The molecule has 1 aliphatic heterocycles. The number of aliphatic imine (C=N–C) groups is 1. The molecule has 1 aliphatic carbocycles. The van der Waals surface area contributed by atoms with Gasteiger partial charge in [0.25, 0.3) is 0 Å². The summed E-state index contributed by atoms with van der Waals surface area (Å²) in [5, 5.41) is 0. The summed E-state index contributed by atoms with van der Waals surface area (Å²) in [7, 11) is 0.